The summed E-state index contributed by atoms with van der Waals surface area (Å²) in [6.45, 7) is 3.36. The van der Waals surface area contributed by atoms with E-state index in [1.54, 1.807) is 23.3 Å². The van der Waals surface area contributed by atoms with Crippen LogP contribution in [0.3, 0.4) is 0 Å². The quantitative estimate of drug-likeness (QED) is 0.547. The van der Waals surface area contributed by atoms with Gasteiger partial charge in [0.25, 0.3) is 11.6 Å². The third kappa shape index (κ3) is 3.89. The number of anilines is 1. The summed E-state index contributed by atoms with van der Waals surface area (Å²) < 4.78 is 3.53. The Labute approximate surface area is 143 Å². The molecule has 3 rings (SSSR count). The smallest absolute Gasteiger partial charge is 0.269 e. The summed E-state index contributed by atoms with van der Waals surface area (Å²) >= 11 is 0. The summed E-state index contributed by atoms with van der Waals surface area (Å²) in [5, 5.41) is 21.8. The first kappa shape index (κ1) is 16.4. The minimum Gasteiger partial charge on any atom is -0.319 e. The van der Waals surface area contributed by atoms with Crippen molar-refractivity contribution in [1.29, 1.82) is 0 Å². The molecule has 9 heteroatoms. The van der Waals surface area contributed by atoms with Gasteiger partial charge in [0.15, 0.2) is 0 Å². The van der Waals surface area contributed by atoms with Crippen LogP contribution in [0.5, 0.6) is 0 Å². The van der Waals surface area contributed by atoms with E-state index in [4.69, 9.17) is 0 Å². The largest absolute Gasteiger partial charge is 0.319 e. The fourth-order valence-electron chi connectivity index (χ4n) is 2.30. The van der Waals surface area contributed by atoms with E-state index >= 15 is 0 Å². The minimum atomic E-state index is -0.508. The molecule has 0 spiro atoms. The van der Waals surface area contributed by atoms with Gasteiger partial charge >= 0.3 is 0 Å². The number of nitrogens with zero attached hydrogens (tertiary/aromatic N) is 5. The molecular weight excluding hydrogens is 324 g/mol. The fourth-order valence-corrected chi connectivity index (χ4v) is 2.30. The highest BCUT2D eigenvalue weighted by Gasteiger charge is 2.11. The van der Waals surface area contributed by atoms with Crippen molar-refractivity contribution in [2.45, 2.75) is 20.0 Å². The maximum absolute atomic E-state index is 12.2. The Bertz CT molecular complexity index is 897. The number of nitro groups is 1. The summed E-state index contributed by atoms with van der Waals surface area (Å²) in [6.07, 6.45) is 6.98. The number of nitro benzene ring substituents is 1. The third-order valence-electron chi connectivity index (χ3n) is 3.59. The molecule has 9 nitrogen and oxygen atoms in total. The second kappa shape index (κ2) is 6.95. The lowest BCUT2D eigenvalue weighted by atomic mass is 10.2. The normalized spacial score (nSPS) is 10.6. The molecule has 1 N–H and O–H groups in total. The van der Waals surface area contributed by atoms with Gasteiger partial charge in [-0.2, -0.15) is 10.2 Å². The third-order valence-corrected chi connectivity index (χ3v) is 3.59. The molecule has 3 aromatic rings. The molecule has 1 amide bonds. The second-order valence-corrected chi connectivity index (χ2v) is 5.39. The molecule has 25 heavy (non-hydrogen) atoms. The molecule has 0 aliphatic carbocycles. The van der Waals surface area contributed by atoms with Crippen LogP contribution in [0.1, 0.15) is 22.8 Å². The van der Waals surface area contributed by atoms with E-state index in [1.165, 1.54) is 24.3 Å². The van der Waals surface area contributed by atoms with Crippen LogP contribution in [0.4, 0.5) is 11.4 Å². The Morgan fingerprint density at radius 3 is 2.52 bits per heavy atom. The van der Waals surface area contributed by atoms with E-state index in [-0.39, 0.29) is 11.6 Å². The van der Waals surface area contributed by atoms with Gasteiger partial charge in [0.1, 0.15) is 0 Å². The molecule has 0 bridgehead atoms. The Balaban J connectivity index is 1.64. The van der Waals surface area contributed by atoms with Crippen molar-refractivity contribution in [3.05, 3.63) is 70.3 Å². The number of carbonyl (C=O) groups excluding carboxylic acids is 1. The molecule has 128 valence electrons. The monoisotopic (exact) mass is 340 g/mol. The summed E-state index contributed by atoms with van der Waals surface area (Å²) in [7, 11) is 0. The van der Waals surface area contributed by atoms with Crippen LogP contribution in [0.2, 0.25) is 0 Å². The van der Waals surface area contributed by atoms with Crippen molar-refractivity contribution in [3.63, 3.8) is 0 Å². The molecule has 2 heterocycles. The number of nitrogens with one attached hydrogen (secondary N) is 1. The van der Waals surface area contributed by atoms with E-state index < -0.39 is 4.92 Å². The van der Waals surface area contributed by atoms with Crippen LogP contribution in [0.15, 0.2) is 49.1 Å². The van der Waals surface area contributed by atoms with E-state index in [1.807, 2.05) is 17.8 Å². The summed E-state index contributed by atoms with van der Waals surface area (Å²) in [5.41, 5.74) is 1.84. The summed E-state index contributed by atoms with van der Waals surface area (Å²) in [4.78, 5) is 22.3. The lowest BCUT2D eigenvalue weighted by molar-refractivity contribution is -0.384. The number of aryl methyl sites for hydroxylation is 1. The number of hydrogen-bond acceptors (Lipinski definition) is 5. The highest BCUT2D eigenvalue weighted by molar-refractivity contribution is 6.04. The lowest BCUT2D eigenvalue weighted by Gasteiger charge is -2.02. The van der Waals surface area contributed by atoms with Crippen molar-refractivity contribution in [3.8, 4) is 0 Å². The second-order valence-electron chi connectivity index (χ2n) is 5.39. The van der Waals surface area contributed by atoms with Gasteiger partial charge in [0.2, 0.25) is 0 Å². The van der Waals surface area contributed by atoms with Crippen LogP contribution >= 0.6 is 0 Å². The zero-order chi connectivity index (χ0) is 17.8. The van der Waals surface area contributed by atoms with Crippen molar-refractivity contribution in [1.82, 2.24) is 19.6 Å². The number of benzene rings is 1. The molecule has 0 aliphatic rings. The van der Waals surface area contributed by atoms with Crippen molar-refractivity contribution in [2.24, 2.45) is 0 Å². The number of rotatable bonds is 6. The first-order valence-electron chi connectivity index (χ1n) is 7.64. The van der Waals surface area contributed by atoms with E-state index in [0.29, 0.717) is 17.8 Å². The molecule has 2 aromatic heterocycles. The lowest BCUT2D eigenvalue weighted by Crippen LogP contribution is -2.11. The van der Waals surface area contributed by atoms with E-state index in [0.717, 1.165) is 12.1 Å². The predicted molar refractivity (Wildman–Crippen MR) is 90.3 cm³/mol. The van der Waals surface area contributed by atoms with E-state index in [9.17, 15) is 14.9 Å². The average Bonchev–Trinajstić information content (AvgIpc) is 3.24. The topological polar surface area (TPSA) is 108 Å². The van der Waals surface area contributed by atoms with Crippen LogP contribution in [0.25, 0.3) is 0 Å². The van der Waals surface area contributed by atoms with Crippen LogP contribution in [-0.4, -0.2) is 30.4 Å². The van der Waals surface area contributed by atoms with Crippen LogP contribution in [0, 0.1) is 10.1 Å². The Hall–Kier alpha value is -3.49. The van der Waals surface area contributed by atoms with Gasteiger partial charge in [-0.3, -0.25) is 24.3 Å². The maximum Gasteiger partial charge on any atom is 0.269 e. The highest BCUT2D eigenvalue weighted by Crippen LogP contribution is 2.14. The number of amides is 1. The number of carbonyl (C=O) groups is 1. The molecular formula is C16H16N6O3. The Morgan fingerprint density at radius 2 is 1.88 bits per heavy atom. The number of non-ortho nitro benzene ring substituents is 1. The molecule has 0 aliphatic heterocycles. The molecule has 0 atom stereocenters. The van der Waals surface area contributed by atoms with Gasteiger partial charge in [-0.05, 0) is 19.1 Å². The van der Waals surface area contributed by atoms with Gasteiger partial charge < -0.3 is 5.32 Å². The highest BCUT2D eigenvalue weighted by atomic mass is 16.6. The number of hydrogen-bond donors (Lipinski definition) is 1. The van der Waals surface area contributed by atoms with Gasteiger partial charge in [-0.15, -0.1) is 0 Å². The summed E-state index contributed by atoms with van der Waals surface area (Å²) in [5.74, 6) is -0.353. The molecule has 0 saturated heterocycles. The van der Waals surface area contributed by atoms with E-state index in [2.05, 4.69) is 15.5 Å². The van der Waals surface area contributed by atoms with Gasteiger partial charge in [-0.1, -0.05) is 0 Å². The Morgan fingerprint density at radius 1 is 1.16 bits per heavy atom. The van der Waals surface area contributed by atoms with Crippen molar-refractivity contribution in [2.75, 3.05) is 5.32 Å². The molecule has 0 saturated carbocycles. The summed E-state index contributed by atoms with van der Waals surface area (Å²) in [6, 6.07) is 5.42. The molecule has 0 fully saturated rings. The van der Waals surface area contributed by atoms with Gasteiger partial charge in [0.05, 0.1) is 29.5 Å². The molecule has 0 unspecified atom stereocenters. The van der Waals surface area contributed by atoms with Crippen LogP contribution in [-0.2, 0) is 13.1 Å². The molecule has 0 radical (unpaired) electrons. The SMILES string of the molecule is CCn1cc(Cn2cc(NC(=O)c3ccc([N+](=O)[O-])cc3)cn2)cn1. The first-order valence-corrected chi connectivity index (χ1v) is 7.64. The number of aromatic nitrogens is 4. The predicted octanol–water partition coefficient (Wildman–Crippen LogP) is 2.31. The first-order chi connectivity index (χ1) is 12.0. The zero-order valence-electron chi connectivity index (χ0n) is 13.5. The fraction of sp³-hybridized carbons (Fsp3) is 0.188. The Kier molecular flexibility index (Phi) is 4.55. The average molecular weight is 340 g/mol. The van der Waals surface area contributed by atoms with Gasteiger partial charge in [-0.25, -0.2) is 0 Å². The zero-order valence-corrected chi connectivity index (χ0v) is 13.5. The van der Waals surface area contributed by atoms with Gasteiger partial charge in [0, 0.05) is 42.2 Å². The minimum absolute atomic E-state index is 0.0583. The van der Waals surface area contributed by atoms with Crippen LogP contribution < -0.4 is 5.32 Å². The van der Waals surface area contributed by atoms with Crippen molar-refractivity contribution >= 4 is 17.3 Å². The maximum atomic E-state index is 12.2. The standard InChI is InChI=1S/C16H16N6O3/c1-2-20-9-12(7-17-20)10-21-11-14(8-18-21)19-16(23)13-3-5-15(6-4-13)22(24)25/h3-9,11H,2,10H2,1H3,(H,19,23). The van der Waals surface area contributed by atoms with Crippen molar-refractivity contribution < 1.29 is 9.72 Å². The molecule has 1 aromatic carbocycles.